The number of unbranched alkanes of at least 4 members (excludes halogenated alkanes) is 3. The van der Waals surface area contributed by atoms with E-state index in [4.69, 9.17) is 9.47 Å². The molecule has 1 saturated heterocycles. The van der Waals surface area contributed by atoms with E-state index in [9.17, 15) is 9.59 Å². The van der Waals surface area contributed by atoms with Crippen molar-refractivity contribution in [3.05, 3.63) is 59.9 Å². The third kappa shape index (κ3) is 6.37. The molecule has 6 heteroatoms. The van der Waals surface area contributed by atoms with Crippen molar-refractivity contribution in [1.29, 1.82) is 0 Å². The molecule has 0 N–H and O–H groups in total. The van der Waals surface area contributed by atoms with Gasteiger partial charge >= 0.3 is 11.9 Å². The van der Waals surface area contributed by atoms with Gasteiger partial charge in [0, 0.05) is 32.3 Å². The molecule has 1 aromatic carbocycles. The van der Waals surface area contributed by atoms with Gasteiger partial charge in [0.25, 0.3) is 0 Å². The number of carbonyl (C=O) groups excluding carboxylic acids is 2. The van der Waals surface area contributed by atoms with Gasteiger partial charge in [-0.3, -0.25) is 0 Å². The summed E-state index contributed by atoms with van der Waals surface area (Å²) in [6.45, 7) is 8.43. The molecule has 0 radical (unpaired) electrons. The Bertz CT molecular complexity index is 757. The van der Waals surface area contributed by atoms with Crippen molar-refractivity contribution in [3.8, 4) is 0 Å². The van der Waals surface area contributed by atoms with Crippen molar-refractivity contribution >= 4 is 11.9 Å². The zero-order chi connectivity index (χ0) is 21.2. The first-order valence-corrected chi connectivity index (χ1v) is 10.9. The van der Waals surface area contributed by atoms with Crippen LogP contribution >= 0.6 is 0 Å². The first kappa shape index (κ1) is 21.9. The van der Waals surface area contributed by atoms with Crippen LogP contribution in [-0.4, -0.2) is 54.6 Å². The topological polar surface area (TPSA) is 59.1 Å². The molecule has 2 heterocycles. The molecule has 162 valence electrons. The first-order valence-electron chi connectivity index (χ1n) is 10.9. The molecule has 0 aliphatic carbocycles. The van der Waals surface area contributed by atoms with E-state index >= 15 is 0 Å². The highest BCUT2D eigenvalue weighted by atomic mass is 16.5. The van der Waals surface area contributed by atoms with E-state index in [0.717, 1.165) is 58.3 Å². The van der Waals surface area contributed by atoms with Gasteiger partial charge in [0.2, 0.25) is 0 Å². The fourth-order valence-electron chi connectivity index (χ4n) is 3.88. The van der Waals surface area contributed by atoms with E-state index in [-0.39, 0.29) is 11.9 Å². The van der Waals surface area contributed by atoms with E-state index in [1.165, 1.54) is 23.9 Å². The maximum absolute atomic E-state index is 12.2. The molecule has 2 aliphatic heterocycles. The normalized spacial score (nSPS) is 15.4. The standard InChI is InChI=1S/C24H32N2O4/c1-2-23(27)29-17-5-3-4-6-18-30-24(28)21-12-10-20(11-13-21)19-26-16-8-15-25-14-7-9-22(25)26/h2,9-13H,1,3-8,14-19H2. The van der Waals surface area contributed by atoms with Gasteiger partial charge in [-0.2, -0.15) is 0 Å². The van der Waals surface area contributed by atoms with Gasteiger partial charge in [0.05, 0.1) is 18.8 Å². The number of rotatable bonds is 11. The van der Waals surface area contributed by atoms with Gasteiger partial charge in [0.15, 0.2) is 0 Å². The molecular formula is C24H32N2O4. The Balaban J connectivity index is 1.33. The highest BCUT2D eigenvalue weighted by Gasteiger charge is 2.24. The number of ether oxygens (including phenoxy) is 2. The van der Waals surface area contributed by atoms with Crippen molar-refractivity contribution in [2.45, 2.75) is 45.1 Å². The molecule has 30 heavy (non-hydrogen) atoms. The van der Waals surface area contributed by atoms with Crippen LogP contribution < -0.4 is 0 Å². The molecule has 3 rings (SSSR count). The lowest BCUT2D eigenvalue weighted by Crippen LogP contribution is -2.39. The average molecular weight is 413 g/mol. The second kappa shape index (κ2) is 11.4. The van der Waals surface area contributed by atoms with Gasteiger partial charge in [-0.25, -0.2) is 9.59 Å². The van der Waals surface area contributed by atoms with Gasteiger partial charge in [-0.05, 0) is 62.3 Å². The van der Waals surface area contributed by atoms with Crippen molar-refractivity contribution in [3.63, 3.8) is 0 Å². The van der Waals surface area contributed by atoms with Crippen LogP contribution in [0.5, 0.6) is 0 Å². The van der Waals surface area contributed by atoms with Crippen molar-refractivity contribution in [2.75, 3.05) is 32.8 Å². The summed E-state index contributed by atoms with van der Waals surface area (Å²) in [4.78, 5) is 28.0. The predicted molar refractivity (Wildman–Crippen MR) is 116 cm³/mol. The minimum atomic E-state index is -0.386. The SMILES string of the molecule is C=CC(=O)OCCCCCCOC(=O)c1ccc(CN2CCCN3CCC=C32)cc1. The van der Waals surface area contributed by atoms with E-state index in [2.05, 4.69) is 22.5 Å². The van der Waals surface area contributed by atoms with Gasteiger partial charge < -0.3 is 19.3 Å². The Morgan fingerprint density at radius 2 is 1.70 bits per heavy atom. The van der Waals surface area contributed by atoms with E-state index in [0.29, 0.717) is 18.8 Å². The molecule has 0 atom stereocenters. The number of nitrogens with zero attached hydrogens (tertiary/aromatic N) is 2. The molecular weight excluding hydrogens is 380 g/mol. The summed E-state index contributed by atoms with van der Waals surface area (Å²) in [7, 11) is 0. The molecule has 2 aliphatic rings. The van der Waals surface area contributed by atoms with Crippen LogP contribution in [0.25, 0.3) is 0 Å². The maximum atomic E-state index is 12.2. The second-order valence-corrected chi connectivity index (χ2v) is 7.73. The Kier molecular flexibility index (Phi) is 8.36. The Morgan fingerprint density at radius 1 is 0.967 bits per heavy atom. The molecule has 6 nitrogen and oxygen atoms in total. The smallest absolute Gasteiger partial charge is 0.338 e. The molecule has 1 fully saturated rings. The van der Waals surface area contributed by atoms with Crippen molar-refractivity contribution in [1.82, 2.24) is 9.80 Å². The highest BCUT2D eigenvalue weighted by Crippen LogP contribution is 2.25. The Labute approximate surface area is 179 Å². The summed E-state index contributed by atoms with van der Waals surface area (Å²) in [5.41, 5.74) is 1.80. The van der Waals surface area contributed by atoms with Crippen LogP contribution in [0.3, 0.4) is 0 Å². The Hall–Kier alpha value is -2.76. The lowest BCUT2D eigenvalue weighted by molar-refractivity contribution is -0.137. The minimum absolute atomic E-state index is 0.274. The minimum Gasteiger partial charge on any atom is -0.463 e. The van der Waals surface area contributed by atoms with E-state index < -0.39 is 0 Å². The molecule has 0 saturated carbocycles. The first-order chi connectivity index (χ1) is 14.7. The zero-order valence-electron chi connectivity index (χ0n) is 17.7. The third-order valence-electron chi connectivity index (χ3n) is 5.48. The van der Waals surface area contributed by atoms with Crippen LogP contribution in [0.2, 0.25) is 0 Å². The van der Waals surface area contributed by atoms with Gasteiger partial charge in [0.1, 0.15) is 5.82 Å². The molecule has 1 aromatic rings. The summed E-state index contributed by atoms with van der Waals surface area (Å²) in [5, 5.41) is 0. The number of carbonyl (C=O) groups is 2. The van der Waals surface area contributed by atoms with Crippen LogP contribution in [0.15, 0.2) is 48.8 Å². The van der Waals surface area contributed by atoms with E-state index in [1.54, 1.807) is 0 Å². The predicted octanol–water partition coefficient (Wildman–Crippen LogP) is 3.89. The average Bonchev–Trinajstić information content (AvgIpc) is 3.25. The number of benzene rings is 1. The fourth-order valence-corrected chi connectivity index (χ4v) is 3.88. The number of hydrogen-bond donors (Lipinski definition) is 0. The lowest BCUT2D eigenvalue weighted by Gasteiger charge is -2.38. The second-order valence-electron chi connectivity index (χ2n) is 7.73. The number of hydrogen-bond acceptors (Lipinski definition) is 6. The molecule has 0 unspecified atom stereocenters. The summed E-state index contributed by atoms with van der Waals surface area (Å²) in [6, 6.07) is 7.76. The van der Waals surface area contributed by atoms with Crippen molar-refractivity contribution < 1.29 is 19.1 Å². The van der Waals surface area contributed by atoms with E-state index in [1.807, 2.05) is 24.3 Å². The summed E-state index contributed by atoms with van der Waals surface area (Å²) in [5.74, 6) is 0.705. The monoisotopic (exact) mass is 412 g/mol. The fraction of sp³-hybridized carbons (Fsp3) is 0.500. The summed E-state index contributed by atoms with van der Waals surface area (Å²) < 4.78 is 10.3. The van der Waals surface area contributed by atoms with Crippen LogP contribution in [0.4, 0.5) is 0 Å². The zero-order valence-corrected chi connectivity index (χ0v) is 17.7. The van der Waals surface area contributed by atoms with Crippen molar-refractivity contribution in [2.24, 2.45) is 0 Å². The quantitative estimate of drug-likeness (QED) is 0.312. The largest absolute Gasteiger partial charge is 0.463 e. The molecule has 0 aromatic heterocycles. The van der Waals surface area contributed by atoms with Crippen LogP contribution in [0, 0.1) is 0 Å². The lowest BCUT2D eigenvalue weighted by atomic mass is 10.1. The number of fused-ring (bicyclic) bond motifs is 1. The summed E-state index contributed by atoms with van der Waals surface area (Å²) in [6.07, 6.45) is 9.31. The highest BCUT2D eigenvalue weighted by molar-refractivity contribution is 5.89. The van der Waals surface area contributed by atoms with Gasteiger partial charge in [-0.15, -0.1) is 0 Å². The summed E-state index contributed by atoms with van der Waals surface area (Å²) >= 11 is 0. The van der Waals surface area contributed by atoms with Crippen LogP contribution in [-0.2, 0) is 20.8 Å². The van der Waals surface area contributed by atoms with Crippen LogP contribution in [0.1, 0.15) is 54.4 Å². The molecule has 0 bridgehead atoms. The molecule has 0 spiro atoms. The Morgan fingerprint density at radius 3 is 2.43 bits per heavy atom. The maximum Gasteiger partial charge on any atom is 0.338 e. The third-order valence-corrected chi connectivity index (χ3v) is 5.48. The molecule has 0 amide bonds. The van der Waals surface area contributed by atoms with Gasteiger partial charge in [-0.1, -0.05) is 18.7 Å². The number of esters is 2.